The smallest absolute Gasteiger partial charge is 0.321 e. The number of urea groups is 1. The van der Waals surface area contributed by atoms with Crippen LogP contribution < -0.4 is 15.4 Å². The lowest BCUT2D eigenvalue weighted by Gasteiger charge is -2.11. The molecule has 0 atom stereocenters. The maximum absolute atomic E-state index is 11.8. The highest BCUT2D eigenvalue weighted by Gasteiger charge is 2.05. The Morgan fingerprint density at radius 1 is 1.13 bits per heavy atom. The van der Waals surface area contributed by atoms with E-state index in [1.165, 1.54) is 5.56 Å². The summed E-state index contributed by atoms with van der Waals surface area (Å²) in [5.41, 5.74) is 1.94. The minimum atomic E-state index is -0.354. The largest absolute Gasteiger partial charge is 0.472 e. The summed E-state index contributed by atoms with van der Waals surface area (Å²) in [6, 6.07) is 12.3. The Morgan fingerprint density at radius 3 is 2.43 bits per heavy atom. The van der Waals surface area contributed by atoms with Crippen molar-refractivity contribution < 1.29 is 9.53 Å². The van der Waals surface area contributed by atoms with Crippen LogP contribution in [0.1, 0.15) is 25.3 Å². The minimum Gasteiger partial charge on any atom is -0.472 e. The Balaban J connectivity index is 1.80. The van der Waals surface area contributed by atoms with Crippen molar-refractivity contribution in [3.8, 4) is 5.75 Å². The van der Waals surface area contributed by atoms with Gasteiger partial charge in [0.15, 0.2) is 6.73 Å². The number of hydrogen-bond donors (Lipinski definition) is 2. The Labute approximate surface area is 145 Å². The molecule has 0 saturated heterocycles. The fourth-order valence-corrected chi connectivity index (χ4v) is 2.36. The van der Waals surface area contributed by atoms with Gasteiger partial charge in [-0.3, -0.25) is 0 Å². The first-order valence-electron chi connectivity index (χ1n) is 7.18. The Hall–Kier alpha value is -1.91. The van der Waals surface area contributed by atoms with Crippen LogP contribution in [0.15, 0.2) is 42.5 Å². The average molecular weight is 353 g/mol. The van der Waals surface area contributed by atoms with Gasteiger partial charge in [0.05, 0.1) is 5.02 Å². The number of carbonyl (C=O) groups is 1. The first-order chi connectivity index (χ1) is 11.0. The summed E-state index contributed by atoms with van der Waals surface area (Å²) in [5, 5.41) is 6.25. The maximum Gasteiger partial charge on any atom is 0.321 e. The van der Waals surface area contributed by atoms with Gasteiger partial charge in [0.2, 0.25) is 0 Å². The number of benzene rings is 2. The van der Waals surface area contributed by atoms with E-state index in [0.29, 0.717) is 21.7 Å². The van der Waals surface area contributed by atoms with Gasteiger partial charge in [0.25, 0.3) is 0 Å². The second-order valence-corrected chi connectivity index (χ2v) is 6.11. The number of carbonyl (C=O) groups excluding carboxylic acids is 1. The number of hydrogen-bond acceptors (Lipinski definition) is 2. The summed E-state index contributed by atoms with van der Waals surface area (Å²) in [6.07, 6.45) is 0. The SMILES string of the molecule is CC(C)c1ccc(NC(=O)NCOc2ccc(Cl)cc2Cl)cc1. The van der Waals surface area contributed by atoms with E-state index in [1.807, 2.05) is 24.3 Å². The van der Waals surface area contributed by atoms with Gasteiger partial charge in [-0.1, -0.05) is 49.2 Å². The van der Waals surface area contributed by atoms with E-state index in [9.17, 15) is 4.79 Å². The molecule has 2 aromatic rings. The van der Waals surface area contributed by atoms with E-state index in [1.54, 1.807) is 18.2 Å². The number of halogens is 2. The molecule has 0 unspecified atom stereocenters. The number of amides is 2. The third-order valence-electron chi connectivity index (χ3n) is 3.19. The highest BCUT2D eigenvalue weighted by atomic mass is 35.5. The van der Waals surface area contributed by atoms with Gasteiger partial charge < -0.3 is 15.4 Å². The highest BCUT2D eigenvalue weighted by molar-refractivity contribution is 6.35. The molecule has 6 heteroatoms. The molecular formula is C17H18Cl2N2O2. The van der Waals surface area contributed by atoms with E-state index in [2.05, 4.69) is 24.5 Å². The normalized spacial score (nSPS) is 10.5. The minimum absolute atomic E-state index is 0.00271. The van der Waals surface area contributed by atoms with Gasteiger partial charge in [-0.15, -0.1) is 0 Å². The zero-order valence-corrected chi connectivity index (χ0v) is 14.4. The van der Waals surface area contributed by atoms with Crippen molar-refractivity contribution in [1.29, 1.82) is 0 Å². The fourth-order valence-electron chi connectivity index (χ4n) is 1.90. The summed E-state index contributed by atoms with van der Waals surface area (Å²) >= 11 is 11.8. The van der Waals surface area contributed by atoms with Crippen LogP contribution in [0.3, 0.4) is 0 Å². The molecule has 0 spiro atoms. The van der Waals surface area contributed by atoms with Crippen LogP contribution >= 0.6 is 23.2 Å². The second-order valence-electron chi connectivity index (χ2n) is 5.27. The van der Waals surface area contributed by atoms with Crippen molar-refractivity contribution >= 4 is 34.9 Å². The molecule has 122 valence electrons. The third-order valence-corrected chi connectivity index (χ3v) is 3.72. The molecule has 0 heterocycles. The third kappa shape index (κ3) is 5.34. The summed E-state index contributed by atoms with van der Waals surface area (Å²) < 4.78 is 5.39. The molecule has 0 saturated carbocycles. The lowest BCUT2D eigenvalue weighted by Crippen LogP contribution is -2.32. The molecule has 0 aliphatic heterocycles. The van der Waals surface area contributed by atoms with Crippen LogP contribution in [-0.2, 0) is 0 Å². The Bertz CT molecular complexity index is 673. The summed E-state index contributed by atoms with van der Waals surface area (Å²) in [4.78, 5) is 11.8. The molecule has 2 amide bonds. The van der Waals surface area contributed by atoms with Crippen molar-refractivity contribution in [2.75, 3.05) is 12.0 Å². The second kappa shape index (κ2) is 8.09. The summed E-state index contributed by atoms with van der Waals surface area (Å²) in [7, 11) is 0. The lowest BCUT2D eigenvalue weighted by atomic mass is 10.0. The van der Waals surface area contributed by atoms with Crippen LogP contribution in [-0.4, -0.2) is 12.8 Å². The zero-order chi connectivity index (χ0) is 16.8. The standard InChI is InChI=1S/C17H18Cl2N2O2/c1-11(2)12-3-6-14(7-4-12)21-17(22)20-10-23-16-8-5-13(18)9-15(16)19/h3-9,11H,10H2,1-2H3,(H2,20,21,22). The average Bonchev–Trinajstić information content (AvgIpc) is 2.50. The monoisotopic (exact) mass is 352 g/mol. The van der Waals surface area contributed by atoms with Crippen LogP contribution in [0, 0.1) is 0 Å². The number of nitrogens with one attached hydrogen (secondary N) is 2. The van der Waals surface area contributed by atoms with Gasteiger partial charge in [-0.2, -0.15) is 0 Å². The molecule has 0 aliphatic carbocycles. The molecular weight excluding hydrogens is 335 g/mol. The summed E-state index contributed by atoms with van der Waals surface area (Å²) in [6.45, 7) is 4.24. The van der Waals surface area contributed by atoms with Gasteiger partial charge in [-0.25, -0.2) is 4.79 Å². The molecule has 0 aromatic heterocycles. The molecule has 23 heavy (non-hydrogen) atoms. The Kier molecular flexibility index (Phi) is 6.13. The van der Waals surface area contributed by atoms with E-state index in [-0.39, 0.29) is 12.8 Å². The van der Waals surface area contributed by atoms with Gasteiger partial charge >= 0.3 is 6.03 Å². The van der Waals surface area contributed by atoms with E-state index in [0.717, 1.165) is 5.69 Å². The van der Waals surface area contributed by atoms with Crippen LogP contribution in [0.4, 0.5) is 10.5 Å². The van der Waals surface area contributed by atoms with Crippen LogP contribution in [0.25, 0.3) is 0 Å². The van der Waals surface area contributed by atoms with E-state index in [4.69, 9.17) is 27.9 Å². The first-order valence-corrected chi connectivity index (χ1v) is 7.94. The molecule has 0 fully saturated rings. The molecule has 4 nitrogen and oxygen atoms in total. The molecule has 0 bridgehead atoms. The zero-order valence-electron chi connectivity index (χ0n) is 12.9. The lowest BCUT2D eigenvalue weighted by molar-refractivity contribution is 0.234. The molecule has 2 aromatic carbocycles. The van der Waals surface area contributed by atoms with Crippen LogP contribution in [0.2, 0.25) is 10.0 Å². The van der Waals surface area contributed by atoms with E-state index < -0.39 is 0 Å². The number of ether oxygens (including phenoxy) is 1. The Morgan fingerprint density at radius 2 is 1.83 bits per heavy atom. The highest BCUT2D eigenvalue weighted by Crippen LogP contribution is 2.27. The predicted molar refractivity (Wildman–Crippen MR) is 94.6 cm³/mol. The maximum atomic E-state index is 11.8. The van der Waals surface area contributed by atoms with Crippen molar-refractivity contribution in [2.45, 2.75) is 19.8 Å². The molecule has 0 aliphatic rings. The first kappa shape index (κ1) is 17.4. The van der Waals surface area contributed by atoms with Gasteiger partial charge in [-0.05, 0) is 41.8 Å². The predicted octanol–water partition coefficient (Wildman–Crippen LogP) is 5.27. The molecule has 2 rings (SSSR count). The summed E-state index contributed by atoms with van der Waals surface area (Å²) in [5.74, 6) is 0.910. The van der Waals surface area contributed by atoms with Crippen molar-refractivity contribution in [3.63, 3.8) is 0 Å². The van der Waals surface area contributed by atoms with Crippen molar-refractivity contribution in [2.24, 2.45) is 0 Å². The van der Waals surface area contributed by atoms with E-state index >= 15 is 0 Å². The quantitative estimate of drug-likeness (QED) is 0.719. The van der Waals surface area contributed by atoms with Crippen molar-refractivity contribution in [1.82, 2.24) is 5.32 Å². The van der Waals surface area contributed by atoms with Crippen LogP contribution in [0.5, 0.6) is 5.75 Å². The van der Waals surface area contributed by atoms with Gasteiger partial charge in [0, 0.05) is 10.7 Å². The fraction of sp³-hybridized carbons (Fsp3) is 0.235. The molecule has 2 N–H and O–H groups in total. The number of rotatable bonds is 5. The number of anilines is 1. The van der Waals surface area contributed by atoms with Crippen molar-refractivity contribution in [3.05, 3.63) is 58.1 Å². The molecule has 0 radical (unpaired) electrons. The topological polar surface area (TPSA) is 50.4 Å². The van der Waals surface area contributed by atoms with Gasteiger partial charge in [0.1, 0.15) is 5.75 Å².